The molecule has 1 aromatic rings. The van der Waals surface area contributed by atoms with E-state index in [0.29, 0.717) is 11.4 Å². The molecule has 1 rings (SSSR count). The predicted octanol–water partition coefficient (Wildman–Crippen LogP) is 1.36. The first-order valence-electron chi connectivity index (χ1n) is 4.77. The van der Waals surface area contributed by atoms with Gasteiger partial charge in [-0.2, -0.15) is 0 Å². The molecular formula is C11H14N2O2S. The summed E-state index contributed by atoms with van der Waals surface area (Å²) in [6.07, 6.45) is 2.87. The van der Waals surface area contributed by atoms with Crippen LogP contribution < -0.4 is 5.32 Å². The minimum atomic E-state index is -1.29. The molecule has 86 valence electrons. The van der Waals surface area contributed by atoms with Crippen LogP contribution in [0.5, 0.6) is 0 Å². The Hall–Kier alpha value is -1.46. The lowest BCUT2D eigenvalue weighted by molar-refractivity contribution is 0.320. The van der Waals surface area contributed by atoms with Gasteiger partial charge < -0.3 is 5.21 Å². The van der Waals surface area contributed by atoms with Crippen molar-refractivity contribution in [2.24, 2.45) is 5.16 Å². The molecule has 0 aliphatic heterocycles. The molecular weight excluding hydrogens is 224 g/mol. The van der Waals surface area contributed by atoms with Crippen LogP contribution in [-0.2, 0) is 10.8 Å². The van der Waals surface area contributed by atoms with Crippen LogP contribution in [0, 0.1) is 0 Å². The van der Waals surface area contributed by atoms with Crippen LogP contribution in [-0.4, -0.2) is 27.5 Å². The van der Waals surface area contributed by atoms with Crippen molar-refractivity contribution in [1.82, 2.24) is 5.32 Å². The maximum absolute atomic E-state index is 12.1. The number of nitrogens with one attached hydrogen (secondary N) is 1. The molecule has 5 heteroatoms. The average molecular weight is 238 g/mol. The van der Waals surface area contributed by atoms with E-state index in [0.717, 1.165) is 0 Å². The molecule has 0 amide bonds. The number of benzene rings is 1. The molecule has 16 heavy (non-hydrogen) atoms. The highest BCUT2D eigenvalue weighted by molar-refractivity contribution is 7.86. The van der Waals surface area contributed by atoms with Crippen molar-refractivity contribution in [3.8, 4) is 0 Å². The van der Waals surface area contributed by atoms with E-state index in [4.69, 9.17) is 5.21 Å². The van der Waals surface area contributed by atoms with Gasteiger partial charge in [-0.25, -0.2) is 0 Å². The third-order valence-electron chi connectivity index (χ3n) is 1.87. The van der Waals surface area contributed by atoms with Crippen LogP contribution in [0.2, 0.25) is 0 Å². The third-order valence-corrected chi connectivity index (χ3v) is 3.36. The molecule has 0 saturated carbocycles. The molecule has 0 bridgehead atoms. The SMILES string of the molecule is C=CCNC(/C=N/O)S(=O)c1ccccc1. The maximum atomic E-state index is 12.1. The smallest absolute Gasteiger partial charge is 0.128 e. The van der Waals surface area contributed by atoms with Crippen LogP contribution >= 0.6 is 0 Å². The molecule has 2 atom stereocenters. The van der Waals surface area contributed by atoms with Crippen LogP contribution in [0.1, 0.15) is 0 Å². The number of nitrogens with zero attached hydrogens (tertiary/aromatic N) is 1. The van der Waals surface area contributed by atoms with E-state index in [-0.39, 0.29) is 0 Å². The standard InChI is InChI=1S/C11H14N2O2S/c1-2-8-12-11(9-13-14)16(15)10-6-4-3-5-7-10/h2-7,9,11-12,14H,1,8H2/b13-9+. The second kappa shape index (κ2) is 6.92. The highest BCUT2D eigenvalue weighted by atomic mass is 32.2. The van der Waals surface area contributed by atoms with E-state index in [2.05, 4.69) is 17.1 Å². The molecule has 2 N–H and O–H groups in total. The minimum Gasteiger partial charge on any atom is -0.411 e. The first-order chi connectivity index (χ1) is 7.79. The Morgan fingerprint density at radius 1 is 1.50 bits per heavy atom. The molecule has 1 aromatic carbocycles. The highest BCUT2D eigenvalue weighted by Crippen LogP contribution is 2.08. The van der Waals surface area contributed by atoms with Gasteiger partial charge in [0.15, 0.2) is 0 Å². The Balaban J connectivity index is 2.78. The summed E-state index contributed by atoms with van der Waals surface area (Å²) >= 11 is 0. The van der Waals surface area contributed by atoms with Crippen LogP contribution in [0.25, 0.3) is 0 Å². The van der Waals surface area contributed by atoms with Crippen molar-refractivity contribution < 1.29 is 9.42 Å². The monoisotopic (exact) mass is 238 g/mol. The first-order valence-corrected chi connectivity index (χ1v) is 5.98. The van der Waals surface area contributed by atoms with E-state index < -0.39 is 16.2 Å². The predicted molar refractivity (Wildman–Crippen MR) is 65.1 cm³/mol. The summed E-state index contributed by atoms with van der Waals surface area (Å²) in [5.41, 5.74) is 0. The van der Waals surface area contributed by atoms with Crippen molar-refractivity contribution >= 4 is 17.0 Å². The summed E-state index contributed by atoms with van der Waals surface area (Å²) in [6, 6.07) is 9.02. The second-order valence-electron chi connectivity index (χ2n) is 2.99. The van der Waals surface area contributed by atoms with E-state index in [1.54, 1.807) is 18.2 Å². The van der Waals surface area contributed by atoms with E-state index in [1.807, 2.05) is 18.2 Å². The summed E-state index contributed by atoms with van der Waals surface area (Å²) in [5.74, 6) is 0. The van der Waals surface area contributed by atoms with Gasteiger partial charge in [-0.3, -0.25) is 9.53 Å². The molecule has 0 aliphatic carbocycles. The Morgan fingerprint density at radius 2 is 2.19 bits per heavy atom. The van der Waals surface area contributed by atoms with Crippen molar-refractivity contribution in [1.29, 1.82) is 0 Å². The second-order valence-corrected chi connectivity index (χ2v) is 4.57. The molecule has 2 unspecified atom stereocenters. The highest BCUT2D eigenvalue weighted by Gasteiger charge is 2.15. The fraction of sp³-hybridized carbons (Fsp3) is 0.182. The van der Waals surface area contributed by atoms with Gasteiger partial charge in [0.2, 0.25) is 0 Å². The van der Waals surface area contributed by atoms with E-state index >= 15 is 0 Å². The summed E-state index contributed by atoms with van der Waals surface area (Å²) in [7, 11) is -1.29. The van der Waals surface area contributed by atoms with Gasteiger partial charge in [-0.15, -0.1) is 6.58 Å². The zero-order chi connectivity index (χ0) is 11.8. The minimum absolute atomic E-state index is 0.495. The molecule has 0 heterocycles. The molecule has 0 radical (unpaired) electrons. The molecule has 4 nitrogen and oxygen atoms in total. The van der Waals surface area contributed by atoms with Crippen LogP contribution in [0.4, 0.5) is 0 Å². The summed E-state index contributed by atoms with van der Waals surface area (Å²) in [5, 5.41) is 13.8. The van der Waals surface area contributed by atoms with E-state index in [1.165, 1.54) is 6.21 Å². The van der Waals surface area contributed by atoms with Gasteiger partial charge in [0.05, 0.1) is 17.0 Å². The van der Waals surface area contributed by atoms with Gasteiger partial charge in [0.1, 0.15) is 5.37 Å². The Morgan fingerprint density at radius 3 is 2.75 bits per heavy atom. The van der Waals surface area contributed by atoms with Crippen LogP contribution in [0.3, 0.4) is 0 Å². The summed E-state index contributed by atoms with van der Waals surface area (Å²) in [6.45, 7) is 4.05. The molecule has 0 saturated heterocycles. The quantitative estimate of drug-likeness (QED) is 0.340. The number of rotatable bonds is 6. The van der Waals surface area contributed by atoms with Gasteiger partial charge in [0.25, 0.3) is 0 Å². The van der Waals surface area contributed by atoms with E-state index in [9.17, 15) is 4.21 Å². The Bertz CT molecular complexity index is 379. The number of oxime groups is 1. The summed E-state index contributed by atoms with van der Waals surface area (Å²) < 4.78 is 12.1. The largest absolute Gasteiger partial charge is 0.411 e. The Labute approximate surface area is 97.1 Å². The lowest BCUT2D eigenvalue weighted by Crippen LogP contribution is -2.34. The fourth-order valence-electron chi connectivity index (χ4n) is 1.14. The zero-order valence-corrected chi connectivity index (χ0v) is 9.56. The lowest BCUT2D eigenvalue weighted by atomic mass is 10.4. The molecule has 0 fully saturated rings. The van der Waals surface area contributed by atoms with Crippen molar-refractivity contribution in [2.45, 2.75) is 10.3 Å². The van der Waals surface area contributed by atoms with Crippen molar-refractivity contribution in [3.63, 3.8) is 0 Å². The lowest BCUT2D eigenvalue weighted by Gasteiger charge is -2.11. The maximum Gasteiger partial charge on any atom is 0.128 e. The van der Waals surface area contributed by atoms with Crippen molar-refractivity contribution in [3.05, 3.63) is 43.0 Å². The topological polar surface area (TPSA) is 61.7 Å². The number of hydrogen-bond donors (Lipinski definition) is 2. The molecule has 0 aliphatic rings. The van der Waals surface area contributed by atoms with Crippen LogP contribution in [0.15, 0.2) is 53.0 Å². The normalized spacial score (nSPS) is 14.8. The van der Waals surface area contributed by atoms with Gasteiger partial charge in [-0.05, 0) is 12.1 Å². The molecule has 0 aromatic heterocycles. The molecule has 0 spiro atoms. The number of hydrogen-bond acceptors (Lipinski definition) is 4. The first kappa shape index (κ1) is 12.6. The van der Waals surface area contributed by atoms with Gasteiger partial charge in [0, 0.05) is 11.4 Å². The fourth-order valence-corrected chi connectivity index (χ4v) is 2.28. The average Bonchev–Trinajstić information content (AvgIpc) is 2.35. The van der Waals surface area contributed by atoms with Gasteiger partial charge >= 0.3 is 0 Å². The third kappa shape index (κ3) is 3.60. The van der Waals surface area contributed by atoms with Gasteiger partial charge in [-0.1, -0.05) is 29.4 Å². The van der Waals surface area contributed by atoms with Crippen molar-refractivity contribution in [2.75, 3.05) is 6.54 Å². The summed E-state index contributed by atoms with van der Waals surface area (Å²) in [4.78, 5) is 0.684. The Kier molecular flexibility index (Phi) is 5.45. The zero-order valence-electron chi connectivity index (χ0n) is 8.74.